The lowest BCUT2D eigenvalue weighted by molar-refractivity contribution is -0.143. The summed E-state index contributed by atoms with van der Waals surface area (Å²) < 4.78 is 0. The van der Waals surface area contributed by atoms with Crippen molar-refractivity contribution in [2.75, 3.05) is 0 Å². The van der Waals surface area contributed by atoms with E-state index in [0.717, 1.165) is 0 Å². The number of aliphatic carboxylic acids is 1. The third kappa shape index (κ3) is 1.85. The van der Waals surface area contributed by atoms with E-state index in [4.69, 9.17) is 11.5 Å². The van der Waals surface area contributed by atoms with E-state index in [9.17, 15) is 19.5 Å². The Morgan fingerprint density at radius 1 is 1.53 bits per heavy atom. The number of carboxylic acid groups (broad SMARTS) is 1. The quantitative estimate of drug-likeness (QED) is 0.533. The summed E-state index contributed by atoms with van der Waals surface area (Å²) in [6, 6.07) is 0. The van der Waals surface area contributed by atoms with Crippen molar-refractivity contribution in [2.45, 2.75) is 32.8 Å². The van der Waals surface area contributed by atoms with E-state index >= 15 is 0 Å². The lowest BCUT2D eigenvalue weighted by Gasteiger charge is -2.27. The van der Waals surface area contributed by atoms with Crippen molar-refractivity contribution >= 4 is 17.5 Å². The van der Waals surface area contributed by atoms with Crippen LogP contribution in [0.4, 0.5) is 0 Å². The molecular formula is C12H14O5. The van der Waals surface area contributed by atoms with Gasteiger partial charge in [-0.3, -0.25) is 14.4 Å². The highest BCUT2D eigenvalue weighted by atomic mass is 16.4. The van der Waals surface area contributed by atoms with Gasteiger partial charge in [0.15, 0.2) is 5.78 Å². The van der Waals surface area contributed by atoms with Gasteiger partial charge in [0.25, 0.3) is 0 Å². The van der Waals surface area contributed by atoms with Gasteiger partial charge in [-0.2, -0.15) is 0 Å². The number of hydrogen-bond acceptors (Lipinski definition) is 4. The van der Waals surface area contributed by atoms with Crippen LogP contribution in [0.1, 0.15) is 26.7 Å². The summed E-state index contributed by atoms with van der Waals surface area (Å²) in [5, 5.41) is 18.4. The summed E-state index contributed by atoms with van der Waals surface area (Å²) >= 11 is 0. The van der Waals surface area contributed by atoms with Crippen LogP contribution in [0.2, 0.25) is 0 Å². The van der Waals surface area contributed by atoms with Crippen LogP contribution in [-0.2, 0) is 14.4 Å². The number of aliphatic hydroxyl groups is 1. The lowest BCUT2D eigenvalue weighted by atomic mass is 9.75. The van der Waals surface area contributed by atoms with Gasteiger partial charge in [-0.15, -0.1) is 6.42 Å². The van der Waals surface area contributed by atoms with E-state index in [2.05, 4.69) is 5.92 Å². The maximum absolute atomic E-state index is 12.1. The number of rotatable bonds is 3. The molecular weight excluding hydrogens is 224 g/mol. The fraction of sp³-hybridized carbons (Fsp3) is 0.583. The normalized spacial score (nSPS) is 28.8. The molecule has 17 heavy (non-hydrogen) atoms. The molecule has 5 nitrogen and oxygen atoms in total. The van der Waals surface area contributed by atoms with Crippen LogP contribution in [0, 0.1) is 23.2 Å². The molecule has 0 bridgehead atoms. The molecule has 1 saturated carbocycles. The monoisotopic (exact) mass is 238 g/mol. The number of carbonyl (C=O) groups is 3. The summed E-state index contributed by atoms with van der Waals surface area (Å²) in [5.41, 5.74) is -2.95. The lowest BCUT2D eigenvalue weighted by Crippen LogP contribution is -2.42. The first-order valence-electron chi connectivity index (χ1n) is 5.14. The minimum atomic E-state index is -1.70. The SMILES string of the molecule is C#C[C@@]1([C@@H](O)CC(=O)O)CC(=O)C(C)(C)C1=O. The molecule has 2 atom stereocenters. The van der Waals surface area contributed by atoms with Gasteiger partial charge in [0.2, 0.25) is 0 Å². The van der Waals surface area contributed by atoms with Gasteiger partial charge in [-0.1, -0.05) is 5.92 Å². The molecule has 0 radical (unpaired) electrons. The highest BCUT2D eigenvalue weighted by Gasteiger charge is 2.60. The molecule has 0 aliphatic heterocycles. The first-order chi connectivity index (χ1) is 7.68. The zero-order valence-electron chi connectivity index (χ0n) is 9.69. The van der Waals surface area contributed by atoms with E-state index in [-0.39, 0.29) is 12.2 Å². The average Bonchev–Trinajstić information content (AvgIpc) is 2.39. The van der Waals surface area contributed by atoms with Crippen LogP contribution < -0.4 is 0 Å². The van der Waals surface area contributed by atoms with Crippen molar-refractivity contribution in [3.8, 4) is 12.3 Å². The zero-order chi connectivity index (χ0) is 13.4. The Labute approximate surface area is 98.8 Å². The number of carbonyl (C=O) groups excluding carboxylic acids is 2. The highest BCUT2D eigenvalue weighted by Crippen LogP contribution is 2.45. The van der Waals surface area contributed by atoms with Crippen molar-refractivity contribution in [1.82, 2.24) is 0 Å². The first kappa shape index (κ1) is 13.4. The second-order valence-corrected chi connectivity index (χ2v) is 4.78. The van der Waals surface area contributed by atoms with Crippen molar-refractivity contribution in [2.24, 2.45) is 10.8 Å². The molecule has 0 aromatic carbocycles. The number of hydrogen-bond donors (Lipinski definition) is 2. The van der Waals surface area contributed by atoms with E-state index in [1.165, 1.54) is 13.8 Å². The fourth-order valence-electron chi connectivity index (χ4n) is 2.06. The van der Waals surface area contributed by atoms with Crippen LogP contribution in [0.5, 0.6) is 0 Å². The molecule has 1 fully saturated rings. The topological polar surface area (TPSA) is 91.7 Å². The summed E-state index contributed by atoms with van der Waals surface area (Å²) in [5.74, 6) is -0.0800. The number of carboxylic acids is 1. The Hall–Kier alpha value is -1.67. The Morgan fingerprint density at radius 2 is 2.06 bits per heavy atom. The maximum Gasteiger partial charge on any atom is 0.306 e. The van der Waals surface area contributed by atoms with E-state index in [1.54, 1.807) is 0 Å². The molecule has 0 amide bonds. The number of aliphatic hydroxyl groups excluding tert-OH is 1. The van der Waals surface area contributed by atoms with E-state index in [1.807, 2.05) is 0 Å². The number of ketones is 2. The predicted octanol–water partition coefficient (Wildman–Crippen LogP) is 0.00970. The second kappa shape index (κ2) is 3.97. The predicted molar refractivity (Wildman–Crippen MR) is 57.9 cm³/mol. The van der Waals surface area contributed by atoms with Crippen molar-refractivity contribution < 1.29 is 24.6 Å². The largest absolute Gasteiger partial charge is 0.481 e. The molecule has 1 aliphatic rings. The third-order valence-corrected chi connectivity index (χ3v) is 3.30. The fourth-order valence-corrected chi connectivity index (χ4v) is 2.06. The van der Waals surface area contributed by atoms with Crippen molar-refractivity contribution in [1.29, 1.82) is 0 Å². The molecule has 2 N–H and O–H groups in total. The first-order valence-corrected chi connectivity index (χ1v) is 5.14. The molecule has 0 heterocycles. The third-order valence-electron chi connectivity index (χ3n) is 3.30. The average molecular weight is 238 g/mol. The van der Waals surface area contributed by atoms with Gasteiger partial charge in [0.05, 0.1) is 17.9 Å². The van der Waals surface area contributed by atoms with Crippen LogP contribution in [0.25, 0.3) is 0 Å². The van der Waals surface area contributed by atoms with Gasteiger partial charge in [-0.05, 0) is 13.8 Å². The Balaban J connectivity index is 3.17. The van der Waals surface area contributed by atoms with Gasteiger partial charge >= 0.3 is 5.97 Å². The van der Waals surface area contributed by atoms with Crippen LogP contribution in [0.3, 0.4) is 0 Å². The van der Waals surface area contributed by atoms with Crippen molar-refractivity contribution in [3.63, 3.8) is 0 Å². The minimum absolute atomic E-state index is 0.302. The molecule has 0 aromatic heterocycles. The standard InChI is InChI=1S/C12H14O5/c1-4-12(7(13)5-9(15)16)6-8(14)11(2,3)10(12)17/h1,7,13H,5-6H2,2-3H3,(H,15,16)/t7-,12-/m0/s1. The van der Waals surface area contributed by atoms with E-state index < -0.39 is 35.1 Å². The summed E-state index contributed by atoms with van der Waals surface area (Å²) in [4.78, 5) is 34.3. The Bertz CT molecular complexity index is 429. The Morgan fingerprint density at radius 3 is 2.35 bits per heavy atom. The van der Waals surface area contributed by atoms with Crippen LogP contribution in [-0.4, -0.2) is 33.9 Å². The molecule has 0 spiro atoms. The molecule has 1 rings (SSSR count). The highest BCUT2D eigenvalue weighted by molar-refractivity contribution is 6.17. The second-order valence-electron chi connectivity index (χ2n) is 4.78. The molecule has 1 aliphatic carbocycles. The van der Waals surface area contributed by atoms with Gasteiger partial charge in [0.1, 0.15) is 11.2 Å². The van der Waals surface area contributed by atoms with Crippen LogP contribution in [0.15, 0.2) is 0 Å². The molecule has 5 heteroatoms. The van der Waals surface area contributed by atoms with Gasteiger partial charge in [-0.25, -0.2) is 0 Å². The Kier molecular flexibility index (Phi) is 3.13. The van der Waals surface area contributed by atoms with E-state index in [0.29, 0.717) is 0 Å². The molecule has 0 aromatic rings. The maximum atomic E-state index is 12.1. The summed E-state index contributed by atoms with van der Waals surface area (Å²) in [7, 11) is 0. The zero-order valence-corrected chi connectivity index (χ0v) is 9.69. The van der Waals surface area contributed by atoms with Gasteiger partial charge in [0, 0.05) is 6.42 Å². The minimum Gasteiger partial charge on any atom is -0.481 e. The van der Waals surface area contributed by atoms with Crippen LogP contribution >= 0.6 is 0 Å². The summed E-state index contributed by atoms with van der Waals surface area (Å²) in [6.45, 7) is 2.87. The molecule has 0 unspecified atom stereocenters. The number of Topliss-reactive ketones (excluding diaryl/α,β-unsaturated/α-hetero) is 2. The number of terminal acetylenes is 1. The van der Waals surface area contributed by atoms with Gasteiger partial charge < -0.3 is 10.2 Å². The molecule has 0 saturated heterocycles. The smallest absolute Gasteiger partial charge is 0.306 e. The van der Waals surface area contributed by atoms with Crippen molar-refractivity contribution in [3.05, 3.63) is 0 Å². The molecule has 92 valence electrons. The summed E-state index contributed by atoms with van der Waals surface area (Å²) in [6.07, 6.45) is 2.75.